The van der Waals surface area contributed by atoms with Crippen LogP contribution in [0.5, 0.6) is 0 Å². The Labute approximate surface area is 182 Å². The van der Waals surface area contributed by atoms with Crippen molar-refractivity contribution in [2.45, 2.75) is 114 Å². The van der Waals surface area contributed by atoms with Crippen LogP contribution in [0.4, 0.5) is 0 Å². The second kappa shape index (κ2) is 40.6. The molecule has 1 nitrogen and oxygen atoms in total. The molecule has 0 aliphatic carbocycles. The molecule has 0 radical (unpaired) electrons. The summed E-state index contributed by atoms with van der Waals surface area (Å²) < 4.78 is 0. The molecule has 1 fully saturated rings. The third-order valence-electron chi connectivity index (χ3n) is 4.19. The van der Waals surface area contributed by atoms with E-state index in [-0.39, 0.29) is 0 Å². The molecule has 0 aromatic rings. The Kier molecular flexibility index (Phi) is 54.7. The fourth-order valence-corrected chi connectivity index (χ4v) is 2.69. The summed E-state index contributed by atoms with van der Waals surface area (Å²) in [5.41, 5.74) is 1.51. The normalized spacial score (nSPS) is 13.6. The van der Waals surface area contributed by atoms with Gasteiger partial charge in [-0.2, -0.15) is 0 Å². The molecule has 1 saturated heterocycles. The summed E-state index contributed by atoms with van der Waals surface area (Å²) in [6.45, 7) is 28.4. The molecule has 1 aliphatic heterocycles. The first-order valence-electron chi connectivity index (χ1n) is 12.0. The summed E-state index contributed by atoms with van der Waals surface area (Å²) in [4.78, 5) is 2.55. The van der Waals surface area contributed by atoms with Crippen molar-refractivity contribution in [3.63, 3.8) is 0 Å². The molecule has 1 heteroatoms. The number of allylic oxidation sites excluding steroid dienone is 2. The van der Waals surface area contributed by atoms with Gasteiger partial charge in [-0.3, -0.25) is 4.90 Å². The predicted octanol–water partition coefficient (Wildman–Crippen LogP) is 9.16. The summed E-state index contributed by atoms with van der Waals surface area (Å²) >= 11 is 0. The van der Waals surface area contributed by atoms with E-state index in [2.05, 4.69) is 58.1 Å². The van der Waals surface area contributed by atoms with E-state index in [1.807, 2.05) is 47.6 Å². The van der Waals surface area contributed by atoms with E-state index in [0.29, 0.717) is 0 Å². The van der Waals surface area contributed by atoms with Gasteiger partial charge in [-0.25, -0.2) is 0 Å². The minimum atomic E-state index is 0.896. The monoisotopic (exact) mass is 395 g/mol. The second-order valence-corrected chi connectivity index (χ2v) is 6.06. The average molecular weight is 396 g/mol. The van der Waals surface area contributed by atoms with Gasteiger partial charge >= 0.3 is 0 Å². The molecule has 0 amide bonds. The fourth-order valence-electron chi connectivity index (χ4n) is 2.69. The maximum absolute atomic E-state index is 4.00. The Hall–Kier alpha value is -1.00. The van der Waals surface area contributed by atoms with Crippen LogP contribution in [0.15, 0.2) is 24.3 Å². The zero-order valence-electron chi connectivity index (χ0n) is 21.6. The Morgan fingerprint density at radius 2 is 1.43 bits per heavy atom. The first-order chi connectivity index (χ1) is 13.7. The van der Waals surface area contributed by atoms with E-state index in [1.54, 1.807) is 0 Å². The van der Waals surface area contributed by atoms with Crippen molar-refractivity contribution in [2.75, 3.05) is 19.6 Å². The molecule has 0 N–H and O–H groups in total. The highest BCUT2D eigenvalue weighted by Gasteiger charge is 2.08. The smallest absolute Gasteiger partial charge is 0.0189 e. The van der Waals surface area contributed by atoms with Crippen LogP contribution in [0.25, 0.3) is 0 Å². The molecule has 1 heterocycles. The number of piperidine rings is 1. The van der Waals surface area contributed by atoms with Crippen molar-refractivity contribution in [2.24, 2.45) is 5.92 Å². The number of rotatable bonds is 7. The quantitative estimate of drug-likeness (QED) is 0.307. The zero-order chi connectivity index (χ0) is 23.2. The molecule has 1 rings (SSSR count). The van der Waals surface area contributed by atoms with Crippen LogP contribution in [-0.2, 0) is 0 Å². The van der Waals surface area contributed by atoms with Gasteiger partial charge in [0.25, 0.3) is 0 Å². The number of hydrogen-bond donors (Lipinski definition) is 0. The lowest BCUT2D eigenvalue weighted by molar-refractivity contribution is 0.246. The van der Waals surface area contributed by atoms with Crippen LogP contribution in [0.1, 0.15) is 114 Å². The van der Waals surface area contributed by atoms with E-state index >= 15 is 0 Å². The standard InChI is InChI=1S/C10H19N.C9H18.3C2H6.C2H2/c1-3-10(2)9-11-7-5-4-6-8-11;1-4-7-9(6-3)8-5-2;4*1-2/h3H,4-9H2,1-2H3;4,9H,1,5-8H2,2-3H3;3*1-2H3;1-2H/b10-3+;;;;;. The molecule has 0 spiro atoms. The average Bonchev–Trinajstić information content (AvgIpc) is 2.80. The Bertz CT molecular complexity index is 282. The van der Waals surface area contributed by atoms with Gasteiger partial charge in [-0.15, -0.1) is 19.4 Å². The number of likely N-dealkylation sites (tertiary alicyclic amines) is 1. The Balaban J connectivity index is -0.0000000937. The van der Waals surface area contributed by atoms with Gasteiger partial charge in [0.1, 0.15) is 0 Å². The van der Waals surface area contributed by atoms with Crippen LogP contribution < -0.4 is 0 Å². The molecule has 1 atom stereocenters. The highest BCUT2D eigenvalue weighted by Crippen LogP contribution is 2.14. The van der Waals surface area contributed by atoms with Crippen molar-refractivity contribution < 1.29 is 0 Å². The molecule has 170 valence electrons. The van der Waals surface area contributed by atoms with Crippen LogP contribution in [-0.4, -0.2) is 24.5 Å². The first-order valence-corrected chi connectivity index (χ1v) is 12.0. The van der Waals surface area contributed by atoms with E-state index in [1.165, 1.54) is 70.2 Å². The van der Waals surface area contributed by atoms with Crippen LogP contribution in [0.3, 0.4) is 0 Å². The summed E-state index contributed by atoms with van der Waals surface area (Å²) in [5.74, 6) is 0.896. The van der Waals surface area contributed by atoms with Gasteiger partial charge in [-0.1, -0.05) is 98.8 Å². The van der Waals surface area contributed by atoms with Crippen molar-refractivity contribution in [1.29, 1.82) is 0 Å². The Morgan fingerprint density at radius 1 is 0.964 bits per heavy atom. The molecule has 0 aromatic heterocycles. The van der Waals surface area contributed by atoms with E-state index < -0.39 is 0 Å². The van der Waals surface area contributed by atoms with Crippen molar-refractivity contribution in [1.82, 2.24) is 4.90 Å². The van der Waals surface area contributed by atoms with Gasteiger partial charge in [0.15, 0.2) is 0 Å². The van der Waals surface area contributed by atoms with Crippen LogP contribution >= 0.6 is 0 Å². The Morgan fingerprint density at radius 3 is 1.75 bits per heavy atom. The van der Waals surface area contributed by atoms with Crippen LogP contribution in [0, 0.1) is 18.8 Å². The summed E-state index contributed by atoms with van der Waals surface area (Å²) in [5, 5.41) is 0. The van der Waals surface area contributed by atoms with E-state index in [0.717, 1.165) is 5.92 Å². The topological polar surface area (TPSA) is 3.24 Å². The lowest BCUT2D eigenvalue weighted by atomic mass is 9.97. The largest absolute Gasteiger partial charge is 0.299 e. The van der Waals surface area contributed by atoms with Gasteiger partial charge in [-0.05, 0) is 52.1 Å². The summed E-state index contributed by atoms with van der Waals surface area (Å²) in [6.07, 6.45) is 21.7. The van der Waals surface area contributed by atoms with E-state index in [4.69, 9.17) is 0 Å². The summed E-state index contributed by atoms with van der Waals surface area (Å²) in [6, 6.07) is 0. The maximum Gasteiger partial charge on any atom is 0.0189 e. The molecular formula is C27H57N. The van der Waals surface area contributed by atoms with Crippen molar-refractivity contribution in [3.05, 3.63) is 24.3 Å². The summed E-state index contributed by atoms with van der Waals surface area (Å²) in [7, 11) is 0. The molecule has 28 heavy (non-hydrogen) atoms. The zero-order valence-corrected chi connectivity index (χ0v) is 21.6. The van der Waals surface area contributed by atoms with E-state index in [9.17, 15) is 0 Å². The lowest BCUT2D eigenvalue weighted by Crippen LogP contribution is -2.30. The highest BCUT2D eigenvalue weighted by atomic mass is 15.1. The minimum Gasteiger partial charge on any atom is -0.299 e. The molecule has 1 unspecified atom stereocenters. The van der Waals surface area contributed by atoms with Gasteiger partial charge < -0.3 is 0 Å². The maximum atomic E-state index is 4.00. The van der Waals surface area contributed by atoms with Gasteiger partial charge in [0.2, 0.25) is 0 Å². The second-order valence-electron chi connectivity index (χ2n) is 6.06. The molecule has 0 saturated carbocycles. The van der Waals surface area contributed by atoms with Crippen molar-refractivity contribution in [3.8, 4) is 12.8 Å². The molecule has 0 aromatic carbocycles. The van der Waals surface area contributed by atoms with Gasteiger partial charge in [0.05, 0.1) is 0 Å². The highest BCUT2D eigenvalue weighted by molar-refractivity contribution is 4.98. The third-order valence-corrected chi connectivity index (χ3v) is 4.19. The number of nitrogens with zero attached hydrogens (tertiary/aromatic N) is 1. The fraction of sp³-hybridized carbons (Fsp3) is 0.778. The lowest BCUT2D eigenvalue weighted by Gasteiger charge is -2.26. The molecular weight excluding hydrogens is 338 g/mol. The molecule has 1 aliphatic rings. The predicted molar refractivity (Wildman–Crippen MR) is 137 cm³/mol. The van der Waals surface area contributed by atoms with Crippen molar-refractivity contribution >= 4 is 0 Å². The SMILES string of the molecule is C#C.C/C=C(\C)CN1CCCCC1.C=CCC(CC)CCC.CC.CC.CC. The third kappa shape index (κ3) is 32.7. The van der Waals surface area contributed by atoms with Gasteiger partial charge in [0, 0.05) is 6.54 Å². The minimum absolute atomic E-state index is 0.896. The number of terminal acetylenes is 1. The number of hydrogen-bond acceptors (Lipinski definition) is 1. The molecule has 0 bridgehead atoms. The first kappa shape index (κ1) is 37.7. The van der Waals surface area contributed by atoms with Crippen LogP contribution in [0.2, 0.25) is 0 Å².